The Labute approximate surface area is 148 Å². The molecule has 0 unspecified atom stereocenters. The van der Waals surface area contributed by atoms with Crippen molar-refractivity contribution in [1.29, 1.82) is 0 Å². The number of likely N-dealkylation sites (tertiary alicyclic amines) is 1. The number of carbonyl (C=O) groups is 1. The predicted octanol–water partition coefficient (Wildman–Crippen LogP) is 3.09. The molecule has 1 aromatic carbocycles. The van der Waals surface area contributed by atoms with Gasteiger partial charge in [0.25, 0.3) is 0 Å². The smallest absolute Gasteiger partial charge is 0.313 e. The molecule has 0 bridgehead atoms. The van der Waals surface area contributed by atoms with Gasteiger partial charge >= 0.3 is 5.97 Å². The summed E-state index contributed by atoms with van der Waals surface area (Å²) in [5.74, 6) is -0.657. The van der Waals surface area contributed by atoms with Crippen molar-refractivity contribution in [2.75, 3.05) is 19.6 Å². The average Bonchev–Trinajstić information content (AvgIpc) is 2.60. The van der Waals surface area contributed by atoms with Crippen molar-refractivity contribution in [2.45, 2.75) is 51.0 Å². The third-order valence-corrected chi connectivity index (χ3v) is 5.96. The lowest BCUT2D eigenvalue weighted by molar-refractivity contribution is -0.163. The number of rotatable bonds is 5. The monoisotopic (exact) mass is 349 g/mol. The fourth-order valence-electron chi connectivity index (χ4n) is 4.48. The molecule has 1 aliphatic heterocycles. The Balaban J connectivity index is 1.74. The molecule has 2 atom stereocenters. The highest BCUT2D eigenvalue weighted by Gasteiger charge is 2.49. The van der Waals surface area contributed by atoms with Crippen LogP contribution in [0.1, 0.15) is 44.1 Å². The Bertz CT molecular complexity index is 585. The van der Waals surface area contributed by atoms with Gasteiger partial charge in [-0.25, -0.2) is 4.39 Å². The summed E-state index contributed by atoms with van der Waals surface area (Å²) in [6.45, 7) is 2.03. The minimum atomic E-state index is -1.22. The van der Waals surface area contributed by atoms with Crippen LogP contribution in [0.4, 0.5) is 4.39 Å². The second kappa shape index (κ2) is 7.83. The normalized spacial score (nSPS) is 28.8. The zero-order valence-electron chi connectivity index (χ0n) is 14.7. The molecule has 1 aromatic rings. The van der Waals surface area contributed by atoms with Gasteiger partial charge in [-0.2, -0.15) is 0 Å². The maximum Gasteiger partial charge on any atom is 0.313 e. The molecule has 3 rings (SSSR count). The highest BCUT2D eigenvalue weighted by molar-refractivity contribution is 5.76. The number of carboxylic acids is 1. The van der Waals surface area contributed by atoms with Crippen molar-refractivity contribution in [1.82, 2.24) is 4.90 Å². The average molecular weight is 349 g/mol. The van der Waals surface area contributed by atoms with Gasteiger partial charge in [-0.05, 0) is 49.3 Å². The predicted molar refractivity (Wildman–Crippen MR) is 93.8 cm³/mol. The van der Waals surface area contributed by atoms with E-state index in [4.69, 9.17) is 0 Å². The van der Waals surface area contributed by atoms with Crippen LogP contribution in [0.25, 0.3) is 0 Å². The fourth-order valence-corrected chi connectivity index (χ4v) is 4.48. The number of aliphatic hydroxyl groups is 1. The molecule has 1 saturated carbocycles. The number of halogens is 1. The van der Waals surface area contributed by atoms with Crippen LogP contribution in [0.2, 0.25) is 0 Å². The molecular formula is C20H28FNO3. The first-order valence-electron chi connectivity index (χ1n) is 9.38. The van der Waals surface area contributed by atoms with Crippen LogP contribution in [0.3, 0.4) is 0 Å². The van der Waals surface area contributed by atoms with Crippen LogP contribution in [0, 0.1) is 17.2 Å². The van der Waals surface area contributed by atoms with E-state index in [0.717, 1.165) is 18.7 Å². The second-order valence-electron chi connectivity index (χ2n) is 7.81. The first-order chi connectivity index (χ1) is 12.0. The summed E-state index contributed by atoms with van der Waals surface area (Å²) >= 11 is 0. The molecule has 0 aromatic heterocycles. The first kappa shape index (κ1) is 18.3. The highest BCUT2D eigenvalue weighted by atomic mass is 19.1. The first-order valence-corrected chi connectivity index (χ1v) is 9.38. The van der Waals surface area contributed by atoms with Gasteiger partial charge in [-0.3, -0.25) is 4.79 Å². The quantitative estimate of drug-likeness (QED) is 0.858. The summed E-state index contributed by atoms with van der Waals surface area (Å²) < 4.78 is 13.1. The zero-order valence-corrected chi connectivity index (χ0v) is 14.7. The highest BCUT2D eigenvalue weighted by Crippen LogP contribution is 2.36. The lowest BCUT2D eigenvalue weighted by Crippen LogP contribution is -2.57. The van der Waals surface area contributed by atoms with Crippen LogP contribution in [0.15, 0.2) is 24.3 Å². The van der Waals surface area contributed by atoms with Crippen LogP contribution in [-0.4, -0.2) is 46.8 Å². The summed E-state index contributed by atoms with van der Waals surface area (Å²) in [4.78, 5) is 14.4. The molecule has 1 heterocycles. The largest absolute Gasteiger partial charge is 0.481 e. The number of carboxylic acid groups (broad SMARTS) is 1. The summed E-state index contributed by atoms with van der Waals surface area (Å²) in [6, 6.07) is 5.93. The Morgan fingerprint density at radius 3 is 2.48 bits per heavy atom. The van der Waals surface area contributed by atoms with Crippen molar-refractivity contribution in [2.24, 2.45) is 11.3 Å². The van der Waals surface area contributed by atoms with E-state index in [-0.39, 0.29) is 12.2 Å². The van der Waals surface area contributed by atoms with E-state index in [2.05, 4.69) is 4.90 Å². The van der Waals surface area contributed by atoms with E-state index >= 15 is 0 Å². The van der Waals surface area contributed by atoms with Gasteiger partial charge in [0.1, 0.15) is 11.2 Å². The minimum absolute atomic E-state index is 0.227. The molecule has 138 valence electrons. The van der Waals surface area contributed by atoms with E-state index in [1.807, 2.05) is 0 Å². The lowest BCUT2D eigenvalue weighted by Gasteiger charge is -2.44. The molecule has 2 N–H and O–H groups in total. The van der Waals surface area contributed by atoms with Crippen molar-refractivity contribution in [3.63, 3.8) is 0 Å². The standard InChI is InChI=1S/C20H28FNO3/c21-17-8-6-15(7-9-17)12-20(19(24)25)14-22(11-10-18(20)23)13-16-4-2-1-3-5-16/h6-9,16,18,23H,1-5,10-14H2,(H,24,25)/t18-,20-/m1/s1. The van der Waals surface area contributed by atoms with Gasteiger partial charge in [-0.1, -0.05) is 31.4 Å². The molecule has 0 spiro atoms. The van der Waals surface area contributed by atoms with Crippen LogP contribution >= 0.6 is 0 Å². The van der Waals surface area contributed by atoms with Gasteiger partial charge in [0.2, 0.25) is 0 Å². The van der Waals surface area contributed by atoms with Crippen molar-refractivity contribution >= 4 is 5.97 Å². The lowest BCUT2D eigenvalue weighted by atomic mass is 9.72. The number of hydrogen-bond acceptors (Lipinski definition) is 3. The van der Waals surface area contributed by atoms with Gasteiger partial charge < -0.3 is 15.1 Å². The topological polar surface area (TPSA) is 60.8 Å². The maximum absolute atomic E-state index is 13.1. The van der Waals surface area contributed by atoms with E-state index in [0.29, 0.717) is 18.9 Å². The van der Waals surface area contributed by atoms with Gasteiger partial charge in [0, 0.05) is 19.6 Å². The molecule has 0 radical (unpaired) electrons. The van der Waals surface area contributed by atoms with E-state index in [1.165, 1.54) is 44.2 Å². The van der Waals surface area contributed by atoms with Crippen LogP contribution in [0.5, 0.6) is 0 Å². The maximum atomic E-state index is 13.1. The minimum Gasteiger partial charge on any atom is -0.481 e. The van der Waals surface area contributed by atoms with E-state index in [1.54, 1.807) is 12.1 Å². The summed E-state index contributed by atoms with van der Waals surface area (Å²) in [7, 11) is 0. The summed E-state index contributed by atoms with van der Waals surface area (Å²) in [5.41, 5.74) is -0.465. The Kier molecular flexibility index (Phi) is 5.74. The molecule has 0 amide bonds. The van der Waals surface area contributed by atoms with Crippen molar-refractivity contribution in [3.8, 4) is 0 Å². The van der Waals surface area contributed by atoms with Crippen molar-refractivity contribution < 1.29 is 19.4 Å². The number of aliphatic carboxylic acids is 1. The second-order valence-corrected chi connectivity index (χ2v) is 7.81. The van der Waals surface area contributed by atoms with E-state index < -0.39 is 17.5 Å². The molecule has 2 aliphatic rings. The van der Waals surface area contributed by atoms with Crippen LogP contribution in [-0.2, 0) is 11.2 Å². The number of nitrogens with zero attached hydrogens (tertiary/aromatic N) is 1. The van der Waals surface area contributed by atoms with Gasteiger partial charge in [-0.15, -0.1) is 0 Å². The fraction of sp³-hybridized carbons (Fsp3) is 0.650. The Hall–Kier alpha value is -1.46. The number of hydrogen-bond donors (Lipinski definition) is 2. The number of benzene rings is 1. The van der Waals surface area contributed by atoms with Gasteiger partial charge in [0.15, 0.2) is 0 Å². The zero-order chi connectivity index (χ0) is 17.9. The SMILES string of the molecule is O=C(O)[C@]1(Cc2ccc(F)cc2)CN(CC2CCCCC2)CC[C@H]1O. The molecular weight excluding hydrogens is 321 g/mol. The molecule has 25 heavy (non-hydrogen) atoms. The Morgan fingerprint density at radius 1 is 1.16 bits per heavy atom. The number of aliphatic hydroxyl groups excluding tert-OH is 1. The Morgan fingerprint density at radius 2 is 1.84 bits per heavy atom. The molecule has 4 nitrogen and oxygen atoms in total. The number of piperidine rings is 1. The van der Waals surface area contributed by atoms with E-state index in [9.17, 15) is 19.4 Å². The molecule has 1 saturated heterocycles. The summed E-state index contributed by atoms with van der Waals surface area (Å²) in [5, 5.41) is 20.5. The third kappa shape index (κ3) is 4.21. The third-order valence-electron chi connectivity index (χ3n) is 5.96. The van der Waals surface area contributed by atoms with Crippen molar-refractivity contribution in [3.05, 3.63) is 35.6 Å². The molecule has 2 fully saturated rings. The molecule has 5 heteroatoms. The van der Waals surface area contributed by atoms with Gasteiger partial charge in [0.05, 0.1) is 6.10 Å². The summed E-state index contributed by atoms with van der Waals surface area (Å²) in [6.07, 6.45) is 6.09. The van der Waals surface area contributed by atoms with Crippen LogP contribution < -0.4 is 0 Å². The molecule has 1 aliphatic carbocycles.